The minimum Gasteiger partial charge on any atom is -0.382 e. The van der Waals surface area contributed by atoms with Crippen molar-refractivity contribution in [2.75, 3.05) is 44.3 Å². The molecule has 4 rings (SSSR count). The van der Waals surface area contributed by atoms with Crippen LogP contribution in [0.1, 0.15) is 20.8 Å². The van der Waals surface area contributed by atoms with Gasteiger partial charge in [0.1, 0.15) is 5.56 Å². The van der Waals surface area contributed by atoms with Crippen molar-refractivity contribution < 1.29 is 18.0 Å². The number of likely N-dealkylation sites (N-methyl/N-ethyl adjacent to an activating group) is 1. The van der Waals surface area contributed by atoms with Gasteiger partial charge in [-0.1, -0.05) is 12.1 Å². The van der Waals surface area contributed by atoms with Crippen molar-refractivity contribution in [1.29, 1.82) is 0 Å². The molecule has 0 bridgehead atoms. The summed E-state index contributed by atoms with van der Waals surface area (Å²) in [5.74, 6) is -1.71. The first-order chi connectivity index (χ1) is 16.2. The van der Waals surface area contributed by atoms with E-state index in [1.807, 2.05) is 7.05 Å². The molecule has 0 atom stereocenters. The lowest BCUT2D eigenvalue weighted by molar-refractivity contribution is 0.100. The molecule has 35 heavy (non-hydrogen) atoms. The molecule has 0 unspecified atom stereocenters. The zero-order valence-corrected chi connectivity index (χ0v) is 20.3. The highest BCUT2D eigenvalue weighted by molar-refractivity contribution is 7.89. The smallest absolute Gasteiger partial charge is 0.279 e. The Bertz CT molecular complexity index is 1340. The van der Waals surface area contributed by atoms with E-state index >= 15 is 0 Å². The quantitative estimate of drug-likeness (QED) is 0.349. The van der Waals surface area contributed by atoms with Crippen LogP contribution in [0.3, 0.4) is 0 Å². The zero-order chi connectivity index (χ0) is 24.5. The van der Waals surface area contributed by atoms with Crippen LogP contribution in [0.4, 0.5) is 11.6 Å². The van der Waals surface area contributed by atoms with Gasteiger partial charge in [0, 0.05) is 37.9 Å². The second-order valence-corrected chi connectivity index (χ2v) is 9.62. The molecule has 186 valence electrons. The van der Waals surface area contributed by atoms with Gasteiger partial charge in [-0.2, -0.15) is 9.40 Å². The molecule has 2 amide bonds. The molecule has 3 aromatic rings. The third-order valence-electron chi connectivity index (χ3n) is 5.40. The van der Waals surface area contributed by atoms with Crippen LogP contribution in [0.2, 0.25) is 0 Å². The number of piperazine rings is 1. The normalized spacial score (nSPS) is 14.8. The minimum absolute atomic E-state index is 0. The number of primary amides is 1. The summed E-state index contributed by atoms with van der Waals surface area (Å²) in [5.41, 5.74) is 11.7. The van der Waals surface area contributed by atoms with E-state index in [0.29, 0.717) is 37.4 Å². The number of aromatic nitrogens is 4. The number of hydrogen-bond acceptors (Lipinski definition) is 9. The molecule has 0 spiro atoms. The Morgan fingerprint density at radius 2 is 1.77 bits per heavy atom. The number of nitrogens with two attached hydrogens (primary N) is 2. The maximum absolute atomic E-state index is 12.9. The van der Waals surface area contributed by atoms with E-state index in [2.05, 4.69) is 30.4 Å². The van der Waals surface area contributed by atoms with Gasteiger partial charge in [0.25, 0.3) is 11.8 Å². The Kier molecular flexibility index (Phi) is 7.70. The number of benzene rings is 1. The lowest BCUT2D eigenvalue weighted by atomic mass is 10.1. The predicted octanol–water partition coefficient (Wildman–Crippen LogP) is 0.158. The average molecular weight is 522 g/mol. The average Bonchev–Trinajstić information content (AvgIpc) is 3.28. The maximum atomic E-state index is 12.9. The summed E-state index contributed by atoms with van der Waals surface area (Å²) in [6, 6.07) is 6.15. The minimum atomic E-state index is -3.61. The van der Waals surface area contributed by atoms with E-state index in [9.17, 15) is 18.0 Å². The van der Waals surface area contributed by atoms with Crippen molar-refractivity contribution in [2.24, 2.45) is 5.73 Å². The summed E-state index contributed by atoms with van der Waals surface area (Å²) in [4.78, 5) is 34.6. The number of sulfonamides is 1. The number of carbonyl (C=O) groups is 2. The van der Waals surface area contributed by atoms with Gasteiger partial charge < -0.3 is 21.7 Å². The highest BCUT2D eigenvalue weighted by atomic mass is 35.5. The van der Waals surface area contributed by atoms with Gasteiger partial charge in [-0.05, 0) is 19.2 Å². The van der Waals surface area contributed by atoms with E-state index in [4.69, 9.17) is 11.5 Å². The number of H-pyrrole nitrogens is 1. The second-order valence-electron chi connectivity index (χ2n) is 7.69. The highest BCUT2D eigenvalue weighted by Crippen LogP contribution is 2.24. The highest BCUT2D eigenvalue weighted by Gasteiger charge is 2.27. The topological polar surface area (TPSA) is 193 Å². The summed E-state index contributed by atoms with van der Waals surface area (Å²) in [5, 5.41) is 8.65. The molecule has 1 aromatic carbocycles. The standard InChI is InChI=1S/C20H23N9O4S.ClH/c1-28-6-8-29(9-7-28)34(32,33)13-4-2-12(3-5-13)15-11-23-17(21)16(25-15)20(31)26-19-14(18(22)30)10-24-27-19;/h2-5,10-11H,6-9H2,1H3,(H2,21,23)(H2,22,30)(H2,24,26,27,31);1H. The summed E-state index contributed by atoms with van der Waals surface area (Å²) in [6.45, 7) is 2.19. The number of hydrogen-bond donors (Lipinski definition) is 4. The number of rotatable bonds is 6. The molecule has 1 fully saturated rings. The van der Waals surface area contributed by atoms with Gasteiger partial charge >= 0.3 is 0 Å². The van der Waals surface area contributed by atoms with Crippen molar-refractivity contribution in [1.82, 2.24) is 29.4 Å². The van der Waals surface area contributed by atoms with Gasteiger partial charge in [-0.3, -0.25) is 14.7 Å². The Labute approximate surface area is 207 Å². The fourth-order valence-corrected chi connectivity index (χ4v) is 4.84. The third-order valence-corrected chi connectivity index (χ3v) is 7.32. The Morgan fingerprint density at radius 1 is 1.11 bits per heavy atom. The first kappa shape index (κ1) is 26.0. The van der Waals surface area contributed by atoms with Gasteiger partial charge in [-0.25, -0.2) is 18.4 Å². The molecule has 0 radical (unpaired) electrons. The third kappa shape index (κ3) is 5.40. The van der Waals surface area contributed by atoms with E-state index in [1.165, 1.54) is 28.8 Å². The van der Waals surface area contributed by atoms with Crippen molar-refractivity contribution in [3.8, 4) is 11.3 Å². The van der Waals surface area contributed by atoms with Crippen LogP contribution in [0, 0.1) is 0 Å². The van der Waals surface area contributed by atoms with Gasteiger partial charge in [-0.15, -0.1) is 12.4 Å². The number of carbonyl (C=O) groups excluding carboxylic acids is 2. The Balaban J connectivity index is 0.00000342. The number of anilines is 2. The van der Waals surface area contributed by atoms with Crippen LogP contribution in [-0.2, 0) is 10.0 Å². The van der Waals surface area contributed by atoms with E-state index in [-0.39, 0.29) is 40.2 Å². The number of nitrogens with one attached hydrogen (secondary N) is 2. The summed E-state index contributed by atoms with van der Waals surface area (Å²) < 4.78 is 27.3. The molecule has 3 heterocycles. The van der Waals surface area contributed by atoms with Crippen LogP contribution in [0.5, 0.6) is 0 Å². The van der Waals surface area contributed by atoms with Crippen LogP contribution >= 0.6 is 12.4 Å². The molecule has 0 aliphatic carbocycles. The van der Waals surface area contributed by atoms with Crippen LogP contribution in [0.15, 0.2) is 41.6 Å². The second kappa shape index (κ2) is 10.4. The van der Waals surface area contributed by atoms with Gasteiger partial charge in [0.2, 0.25) is 10.0 Å². The number of halogens is 1. The number of nitrogen functional groups attached to an aromatic ring is 1. The molecule has 6 N–H and O–H groups in total. The van der Waals surface area contributed by atoms with Crippen LogP contribution in [0.25, 0.3) is 11.3 Å². The lowest BCUT2D eigenvalue weighted by Gasteiger charge is -2.31. The first-order valence-corrected chi connectivity index (χ1v) is 11.7. The van der Waals surface area contributed by atoms with Gasteiger partial charge in [0.15, 0.2) is 17.3 Å². The zero-order valence-electron chi connectivity index (χ0n) is 18.6. The summed E-state index contributed by atoms with van der Waals surface area (Å²) in [6.07, 6.45) is 2.63. The molecule has 1 aliphatic rings. The Morgan fingerprint density at radius 3 is 2.40 bits per heavy atom. The molecule has 2 aromatic heterocycles. The van der Waals surface area contributed by atoms with Crippen molar-refractivity contribution in [3.63, 3.8) is 0 Å². The SMILES string of the molecule is CN1CCN(S(=O)(=O)c2ccc(-c3cnc(N)c(C(=O)Nc4n[nH]cc4C(N)=O)n3)cc2)CC1.Cl. The van der Waals surface area contributed by atoms with Crippen LogP contribution in [-0.4, -0.2) is 82.8 Å². The fourth-order valence-electron chi connectivity index (χ4n) is 3.42. The lowest BCUT2D eigenvalue weighted by Crippen LogP contribution is -2.46. The van der Waals surface area contributed by atoms with Crippen molar-refractivity contribution in [2.45, 2.75) is 4.90 Å². The molecule has 1 aliphatic heterocycles. The molecular formula is C20H24ClN9O4S. The monoisotopic (exact) mass is 521 g/mol. The Hall–Kier alpha value is -3.59. The predicted molar refractivity (Wildman–Crippen MR) is 130 cm³/mol. The van der Waals surface area contributed by atoms with E-state index in [0.717, 1.165) is 0 Å². The summed E-state index contributed by atoms with van der Waals surface area (Å²) in [7, 11) is -1.66. The van der Waals surface area contributed by atoms with Gasteiger partial charge in [0.05, 0.1) is 16.8 Å². The molecule has 15 heteroatoms. The van der Waals surface area contributed by atoms with E-state index in [1.54, 1.807) is 12.1 Å². The first-order valence-electron chi connectivity index (χ1n) is 10.2. The molecule has 13 nitrogen and oxygen atoms in total. The largest absolute Gasteiger partial charge is 0.382 e. The summed E-state index contributed by atoms with van der Waals surface area (Å²) >= 11 is 0. The fraction of sp³-hybridized carbons (Fsp3) is 0.250. The molecule has 1 saturated heterocycles. The molecular weight excluding hydrogens is 498 g/mol. The number of aromatic amines is 1. The van der Waals surface area contributed by atoms with Crippen LogP contribution < -0.4 is 16.8 Å². The number of amides is 2. The van der Waals surface area contributed by atoms with Crippen molar-refractivity contribution >= 4 is 45.9 Å². The number of nitrogens with zero attached hydrogens (tertiary/aromatic N) is 5. The molecule has 0 saturated carbocycles. The maximum Gasteiger partial charge on any atom is 0.279 e. The van der Waals surface area contributed by atoms with E-state index < -0.39 is 21.8 Å². The van der Waals surface area contributed by atoms with Crippen molar-refractivity contribution in [3.05, 3.63) is 47.9 Å².